The summed E-state index contributed by atoms with van der Waals surface area (Å²) in [6.45, 7) is 18.2. The van der Waals surface area contributed by atoms with Gasteiger partial charge in [-0.15, -0.1) is 0 Å². The molecule has 104 valence electrons. The van der Waals surface area contributed by atoms with E-state index >= 15 is 0 Å². The molecule has 0 rings (SSSR count). The lowest BCUT2D eigenvalue weighted by atomic mass is 9.99. The quantitative estimate of drug-likeness (QED) is 0.736. The third-order valence-electron chi connectivity index (χ3n) is 3.47. The van der Waals surface area contributed by atoms with Crippen molar-refractivity contribution in [3.8, 4) is 0 Å². The molecular formula is C15H34N2. The highest BCUT2D eigenvalue weighted by Crippen LogP contribution is 2.13. The first kappa shape index (κ1) is 16.9. The van der Waals surface area contributed by atoms with Crippen molar-refractivity contribution in [2.75, 3.05) is 20.1 Å². The van der Waals surface area contributed by atoms with E-state index in [0.29, 0.717) is 12.0 Å². The van der Waals surface area contributed by atoms with E-state index in [2.05, 4.69) is 65.7 Å². The van der Waals surface area contributed by atoms with Gasteiger partial charge in [-0.1, -0.05) is 34.1 Å². The van der Waals surface area contributed by atoms with Crippen molar-refractivity contribution in [1.29, 1.82) is 0 Å². The van der Waals surface area contributed by atoms with Crippen LogP contribution in [0, 0.1) is 11.8 Å². The topological polar surface area (TPSA) is 15.3 Å². The second kappa shape index (κ2) is 7.38. The van der Waals surface area contributed by atoms with Gasteiger partial charge in [-0.25, -0.2) is 0 Å². The van der Waals surface area contributed by atoms with Crippen LogP contribution in [0.4, 0.5) is 0 Å². The molecule has 0 aliphatic heterocycles. The monoisotopic (exact) mass is 242 g/mol. The summed E-state index contributed by atoms with van der Waals surface area (Å²) < 4.78 is 0. The van der Waals surface area contributed by atoms with Crippen LogP contribution in [0.15, 0.2) is 0 Å². The molecule has 0 amide bonds. The summed E-state index contributed by atoms with van der Waals surface area (Å²) >= 11 is 0. The summed E-state index contributed by atoms with van der Waals surface area (Å²) in [5.74, 6) is 1.48. The van der Waals surface area contributed by atoms with Crippen molar-refractivity contribution in [2.45, 2.75) is 66.5 Å². The molecule has 0 aliphatic rings. The fourth-order valence-electron chi connectivity index (χ4n) is 2.07. The minimum absolute atomic E-state index is 0.213. The fourth-order valence-corrected chi connectivity index (χ4v) is 2.07. The first-order chi connectivity index (χ1) is 7.67. The van der Waals surface area contributed by atoms with Gasteiger partial charge in [-0.05, 0) is 39.7 Å². The lowest BCUT2D eigenvalue weighted by Crippen LogP contribution is -2.49. The maximum absolute atomic E-state index is 3.63. The molecule has 0 heterocycles. The van der Waals surface area contributed by atoms with Gasteiger partial charge in [0.1, 0.15) is 0 Å². The highest BCUT2D eigenvalue weighted by molar-refractivity contribution is 4.80. The van der Waals surface area contributed by atoms with Gasteiger partial charge in [0.25, 0.3) is 0 Å². The first-order valence-electron chi connectivity index (χ1n) is 7.12. The third kappa shape index (κ3) is 7.77. The molecule has 17 heavy (non-hydrogen) atoms. The van der Waals surface area contributed by atoms with Crippen molar-refractivity contribution in [3.63, 3.8) is 0 Å². The number of hydrogen-bond acceptors (Lipinski definition) is 2. The Morgan fingerprint density at radius 3 is 2.00 bits per heavy atom. The van der Waals surface area contributed by atoms with Crippen LogP contribution in [0.3, 0.4) is 0 Å². The Balaban J connectivity index is 4.31. The lowest BCUT2D eigenvalue weighted by molar-refractivity contribution is 0.156. The lowest BCUT2D eigenvalue weighted by Gasteiger charge is -2.35. The van der Waals surface area contributed by atoms with Crippen molar-refractivity contribution < 1.29 is 0 Å². The number of rotatable bonds is 7. The molecule has 0 saturated heterocycles. The second-order valence-electron chi connectivity index (χ2n) is 6.90. The van der Waals surface area contributed by atoms with Crippen molar-refractivity contribution in [3.05, 3.63) is 0 Å². The average Bonchev–Trinajstić information content (AvgIpc) is 2.15. The van der Waals surface area contributed by atoms with Gasteiger partial charge >= 0.3 is 0 Å². The largest absolute Gasteiger partial charge is 0.311 e. The maximum Gasteiger partial charge on any atom is 0.0240 e. The Bertz CT molecular complexity index is 194. The number of nitrogens with zero attached hydrogens (tertiary/aromatic N) is 1. The second-order valence-corrected chi connectivity index (χ2v) is 6.90. The Morgan fingerprint density at radius 1 is 1.12 bits per heavy atom. The van der Waals surface area contributed by atoms with Crippen LogP contribution in [0.1, 0.15) is 54.9 Å². The molecule has 0 saturated carbocycles. The van der Waals surface area contributed by atoms with Crippen LogP contribution in [0.5, 0.6) is 0 Å². The molecule has 2 nitrogen and oxygen atoms in total. The fraction of sp³-hybridized carbons (Fsp3) is 1.00. The zero-order valence-corrected chi connectivity index (χ0v) is 13.3. The van der Waals surface area contributed by atoms with Crippen LogP contribution in [-0.4, -0.2) is 36.6 Å². The molecule has 0 aliphatic carbocycles. The predicted octanol–water partition coefficient (Wildman–Crippen LogP) is 3.38. The first-order valence-corrected chi connectivity index (χ1v) is 7.12. The Labute approximate surface area is 109 Å². The zero-order valence-electron chi connectivity index (χ0n) is 13.3. The summed E-state index contributed by atoms with van der Waals surface area (Å²) in [4.78, 5) is 2.53. The Morgan fingerprint density at radius 2 is 1.65 bits per heavy atom. The number of likely N-dealkylation sites (N-methyl/N-ethyl adjacent to an activating group) is 1. The highest BCUT2D eigenvalue weighted by atomic mass is 15.2. The van der Waals surface area contributed by atoms with E-state index in [1.54, 1.807) is 0 Å². The van der Waals surface area contributed by atoms with Crippen molar-refractivity contribution >= 4 is 0 Å². The van der Waals surface area contributed by atoms with Gasteiger partial charge in [0.15, 0.2) is 0 Å². The Hall–Kier alpha value is -0.0800. The summed E-state index contributed by atoms with van der Waals surface area (Å²) in [6.07, 6.45) is 1.27. The standard InChI is InChI=1S/C15H34N2/c1-9-13(4)11-17(8)14(12(2)3)10-16-15(5,6)7/h12-14,16H,9-11H2,1-8H3. The molecule has 2 heteroatoms. The molecule has 0 aromatic rings. The van der Waals surface area contributed by atoms with Crippen molar-refractivity contribution in [2.24, 2.45) is 11.8 Å². The summed E-state index contributed by atoms with van der Waals surface area (Å²) in [7, 11) is 2.27. The van der Waals surface area contributed by atoms with E-state index in [4.69, 9.17) is 0 Å². The molecular weight excluding hydrogens is 208 g/mol. The summed E-state index contributed by atoms with van der Waals surface area (Å²) in [5, 5.41) is 3.63. The summed E-state index contributed by atoms with van der Waals surface area (Å²) in [5.41, 5.74) is 0.213. The van der Waals surface area contributed by atoms with E-state index in [1.807, 2.05) is 0 Å². The van der Waals surface area contributed by atoms with E-state index in [9.17, 15) is 0 Å². The average molecular weight is 242 g/mol. The maximum atomic E-state index is 3.63. The molecule has 0 radical (unpaired) electrons. The van der Waals surface area contributed by atoms with Gasteiger partial charge < -0.3 is 10.2 Å². The number of hydrogen-bond donors (Lipinski definition) is 1. The van der Waals surface area contributed by atoms with Crippen molar-refractivity contribution in [1.82, 2.24) is 10.2 Å². The van der Waals surface area contributed by atoms with Gasteiger partial charge in [0.2, 0.25) is 0 Å². The van der Waals surface area contributed by atoms with Crippen LogP contribution in [0.2, 0.25) is 0 Å². The van der Waals surface area contributed by atoms with Crippen LogP contribution < -0.4 is 5.32 Å². The molecule has 0 bridgehead atoms. The van der Waals surface area contributed by atoms with E-state index < -0.39 is 0 Å². The third-order valence-corrected chi connectivity index (χ3v) is 3.47. The molecule has 0 spiro atoms. The van der Waals surface area contributed by atoms with E-state index in [0.717, 1.165) is 12.5 Å². The molecule has 0 aromatic heterocycles. The van der Waals surface area contributed by atoms with Crippen LogP contribution in [-0.2, 0) is 0 Å². The minimum atomic E-state index is 0.213. The molecule has 2 atom stereocenters. The highest BCUT2D eigenvalue weighted by Gasteiger charge is 2.21. The summed E-state index contributed by atoms with van der Waals surface area (Å²) in [6, 6.07) is 0.628. The normalized spacial score (nSPS) is 16.6. The SMILES string of the molecule is CCC(C)CN(C)C(CNC(C)(C)C)C(C)C. The van der Waals surface area contributed by atoms with Crippen LogP contribution in [0.25, 0.3) is 0 Å². The van der Waals surface area contributed by atoms with Gasteiger partial charge in [-0.2, -0.15) is 0 Å². The van der Waals surface area contributed by atoms with Gasteiger partial charge in [0.05, 0.1) is 0 Å². The van der Waals surface area contributed by atoms with E-state index in [1.165, 1.54) is 13.0 Å². The van der Waals surface area contributed by atoms with Gasteiger partial charge in [0, 0.05) is 24.7 Å². The molecule has 2 unspecified atom stereocenters. The minimum Gasteiger partial charge on any atom is -0.311 e. The van der Waals surface area contributed by atoms with Crippen LogP contribution >= 0.6 is 0 Å². The molecule has 0 aromatic carbocycles. The molecule has 1 N–H and O–H groups in total. The predicted molar refractivity (Wildman–Crippen MR) is 78.5 cm³/mol. The smallest absolute Gasteiger partial charge is 0.0240 e. The Kier molecular flexibility index (Phi) is 7.34. The molecule has 0 fully saturated rings. The van der Waals surface area contributed by atoms with E-state index in [-0.39, 0.29) is 5.54 Å². The zero-order chi connectivity index (χ0) is 13.6. The number of nitrogens with one attached hydrogen (secondary N) is 1. The van der Waals surface area contributed by atoms with Gasteiger partial charge in [-0.3, -0.25) is 0 Å².